The van der Waals surface area contributed by atoms with E-state index in [4.69, 9.17) is 21.7 Å². The van der Waals surface area contributed by atoms with Gasteiger partial charge in [0.05, 0.1) is 31.5 Å². The quantitative estimate of drug-likeness (QED) is 0.618. The average molecular weight is 400 g/mol. The number of benzene rings is 2. The number of anilines is 1. The van der Waals surface area contributed by atoms with Gasteiger partial charge in [-0.25, -0.2) is 9.18 Å². The van der Waals surface area contributed by atoms with Gasteiger partial charge in [0, 0.05) is 5.70 Å². The first-order valence-corrected chi connectivity index (χ1v) is 9.08. The summed E-state index contributed by atoms with van der Waals surface area (Å²) in [6.45, 7) is 3.46. The first-order chi connectivity index (χ1) is 13.4. The van der Waals surface area contributed by atoms with Gasteiger partial charge < -0.3 is 14.8 Å². The van der Waals surface area contributed by atoms with Gasteiger partial charge in [-0.2, -0.15) is 0 Å². The van der Waals surface area contributed by atoms with Crippen LogP contribution in [0.1, 0.15) is 24.1 Å². The second-order valence-electron chi connectivity index (χ2n) is 6.42. The molecule has 0 fully saturated rings. The summed E-state index contributed by atoms with van der Waals surface area (Å²) in [4.78, 5) is 14.2. The molecule has 1 aliphatic rings. The smallest absolute Gasteiger partial charge is 0.337 e. The van der Waals surface area contributed by atoms with Crippen LogP contribution in [0.15, 0.2) is 53.7 Å². The predicted molar refractivity (Wildman–Crippen MR) is 110 cm³/mol. The van der Waals surface area contributed by atoms with Gasteiger partial charge >= 0.3 is 5.97 Å². The fraction of sp³-hybridized carbons (Fsp3) is 0.238. The number of nitrogens with one attached hydrogen (secondary N) is 1. The number of esters is 1. The number of carbonyl (C=O) groups is 1. The lowest BCUT2D eigenvalue weighted by Gasteiger charge is -2.37. The fourth-order valence-corrected chi connectivity index (χ4v) is 3.56. The Labute approximate surface area is 168 Å². The number of hydrogen-bond donors (Lipinski definition) is 1. The lowest BCUT2D eigenvalue weighted by Crippen LogP contribution is -2.48. The van der Waals surface area contributed by atoms with E-state index < -0.39 is 12.0 Å². The summed E-state index contributed by atoms with van der Waals surface area (Å²) >= 11 is 5.55. The third kappa shape index (κ3) is 3.57. The Morgan fingerprint density at radius 3 is 2.39 bits per heavy atom. The molecule has 1 aliphatic heterocycles. The molecule has 28 heavy (non-hydrogen) atoms. The van der Waals surface area contributed by atoms with Crippen LogP contribution in [0.2, 0.25) is 0 Å². The van der Waals surface area contributed by atoms with Crippen molar-refractivity contribution >= 4 is 29.0 Å². The summed E-state index contributed by atoms with van der Waals surface area (Å²) in [6, 6.07) is 11.7. The van der Waals surface area contributed by atoms with Gasteiger partial charge in [-0.05, 0) is 61.5 Å². The van der Waals surface area contributed by atoms with E-state index in [1.165, 1.54) is 13.2 Å². The molecule has 1 heterocycles. The van der Waals surface area contributed by atoms with Crippen LogP contribution in [0.4, 0.5) is 10.1 Å². The van der Waals surface area contributed by atoms with Gasteiger partial charge in [0.25, 0.3) is 0 Å². The Hall–Kier alpha value is -2.93. The third-order valence-electron chi connectivity index (χ3n) is 4.75. The summed E-state index contributed by atoms with van der Waals surface area (Å²) in [7, 11) is 2.92. The number of hydrogen-bond acceptors (Lipinski definition) is 4. The molecule has 146 valence electrons. The summed E-state index contributed by atoms with van der Waals surface area (Å²) < 4.78 is 24.3. The highest BCUT2D eigenvalue weighted by atomic mass is 32.1. The number of rotatable bonds is 4. The molecule has 0 unspecified atom stereocenters. The molecular weight excluding hydrogens is 379 g/mol. The van der Waals surface area contributed by atoms with E-state index in [1.54, 1.807) is 38.0 Å². The molecule has 0 saturated carbocycles. The first kappa shape index (κ1) is 19.8. The van der Waals surface area contributed by atoms with Crippen molar-refractivity contribution in [3.05, 3.63) is 70.7 Å². The lowest BCUT2D eigenvalue weighted by atomic mass is 9.94. The van der Waals surface area contributed by atoms with Gasteiger partial charge in [-0.1, -0.05) is 18.2 Å². The van der Waals surface area contributed by atoms with E-state index in [9.17, 15) is 9.18 Å². The number of nitrogens with zero attached hydrogens (tertiary/aromatic N) is 1. The number of carbonyl (C=O) groups excluding carboxylic acids is 1. The van der Waals surface area contributed by atoms with Crippen LogP contribution in [-0.4, -0.2) is 25.3 Å². The summed E-state index contributed by atoms with van der Waals surface area (Å²) in [6.07, 6.45) is 0. The second kappa shape index (κ2) is 7.98. The van der Waals surface area contributed by atoms with Crippen molar-refractivity contribution in [2.75, 3.05) is 19.1 Å². The van der Waals surface area contributed by atoms with E-state index in [0.29, 0.717) is 33.4 Å². The minimum absolute atomic E-state index is 0.343. The summed E-state index contributed by atoms with van der Waals surface area (Å²) in [5.74, 6) is -0.116. The van der Waals surface area contributed by atoms with Crippen molar-refractivity contribution in [2.24, 2.45) is 0 Å². The van der Waals surface area contributed by atoms with E-state index >= 15 is 0 Å². The predicted octanol–water partition coefficient (Wildman–Crippen LogP) is 4.03. The average Bonchev–Trinajstić information content (AvgIpc) is 2.69. The molecule has 0 amide bonds. The van der Waals surface area contributed by atoms with Crippen LogP contribution < -0.4 is 15.0 Å². The van der Waals surface area contributed by atoms with E-state index in [-0.39, 0.29) is 5.82 Å². The van der Waals surface area contributed by atoms with Crippen LogP contribution >= 0.6 is 12.2 Å². The molecule has 7 heteroatoms. The van der Waals surface area contributed by atoms with Gasteiger partial charge in [-0.3, -0.25) is 4.90 Å². The van der Waals surface area contributed by atoms with Gasteiger partial charge in [-0.15, -0.1) is 0 Å². The van der Waals surface area contributed by atoms with E-state index in [0.717, 1.165) is 5.56 Å². The zero-order chi connectivity index (χ0) is 20.4. The zero-order valence-electron chi connectivity index (χ0n) is 16.1. The van der Waals surface area contributed by atoms with Crippen LogP contribution in [0.5, 0.6) is 5.75 Å². The van der Waals surface area contributed by atoms with Crippen molar-refractivity contribution in [2.45, 2.75) is 19.9 Å². The minimum Gasteiger partial charge on any atom is -0.497 e. The maximum Gasteiger partial charge on any atom is 0.337 e. The number of allylic oxidation sites excluding steroid dienone is 1. The molecule has 3 rings (SSSR count). The second-order valence-corrected chi connectivity index (χ2v) is 6.80. The Balaban J connectivity index is 2.11. The molecule has 1 atom stereocenters. The van der Waals surface area contributed by atoms with Crippen LogP contribution in [0, 0.1) is 12.7 Å². The molecule has 1 N–H and O–H groups in total. The largest absolute Gasteiger partial charge is 0.497 e. The molecule has 2 aromatic carbocycles. The van der Waals surface area contributed by atoms with Gasteiger partial charge in [0.15, 0.2) is 5.11 Å². The van der Waals surface area contributed by atoms with Crippen molar-refractivity contribution in [3.63, 3.8) is 0 Å². The van der Waals surface area contributed by atoms with Crippen LogP contribution in [0.3, 0.4) is 0 Å². The van der Waals surface area contributed by atoms with Crippen molar-refractivity contribution in [3.8, 4) is 5.75 Å². The molecule has 0 radical (unpaired) electrons. The lowest BCUT2D eigenvalue weighted by molar-refractivity contribution is -0.136. The molecule has 0 bridgehead atoms. The standard InChI is InChI=1S/C21H21FN2O3S/c1-12-5-8-15(11-17(12)22)24-13(2)18(20(25)27-4)19(23-21(24)28)14-6-9-16(26-3)10-7-14/h5-11,19H,1-4H3,(H,23,28)/t19-/m1/s1. The summed E-state index contributed by atoms with van der Waals surface area (Å²) in [5.41, 5.74) is 2.89. The Morgan fingerprint density at radius 1 is 1.14 bits per heavy atom. The fourth-order valence-electron chi connectivity index (χ4n) is 3.20. The van der Waals surface area contributed by atoms with Gasteiger partial charge in [0.2, 0.25) is 0 Å². The Morgan fingerprint density at radius 2 is 1.82 bits per heavy atom. The molecule has 0 saturated heterocycles. The SMILES string of the molecule is COC(=O)C1=C(C)N(c2ccc(C)c(F)c2)C(=S)N[C@@H]1c1ccc(OC)cc1. The maximum absolute atomic E-state index is 14.1. The molecule has 0 aliphatic carbocycles. The number of aryl methyl sites for hydroxylation is 1. The van der Waals surface area contributed by atoms with E-state index in [2.05, 4.69) is 5.32 Å². The number of methoxy groups -OCH3 is 2. The highest BCUT2D eigenvalue weighted by Gasteiger charge is 2.35. The maximum atomic E-state index is 14.1. The number of halogens is 1. The first-order valence-electron chi connectivity index (χ1n) is 8.67. The summed E-state index contributed by atoms with van der Waals surface area (Å²) in [5, 5.41) is 3.55. The Bertz CT molecular complexity index is 957. The van der Waals surface area contributed by atoms with E-state index in [1.807, 2.05) is 24.3 Å². The highest BCUT2D eigenvalue weighted by molar-refractivity contribution is 7.80. The van der Waals surface area contributed by atoms with Gasteiger partial charge in [0.1, 0.15) is 11.6 Å². The molecular formula is C21H21FN2O3S. The monoisotopic (exact) mass is 400 g/mol. The number of thiocarbonyl (C=S) groups is 1. The minimum atomic E-state index is -0.489. The third-order valence-corrected chi connectivity index (χ3v) is 5.05. The molecule has 2 aromatic rings. The Kier molecular flexibility index (Phi) is 5.65. The number of ether oxygens (including phenoxy) is 2. The molecule has 5 nitrogen and oxygen atoms in total. The highest BCUT2D eigenvalue weighted by Crippen LogP contribution is 2.35. The van der Waals surface area contributed by atoms with Crippen LogP contribution in [0.25, 0.3) is 0 Å². The van der Waals surface area contributed by atoms with Crippen molar-refractivity contribution in [1.29, 1.82) is 0 Å². The topological polar surface area (TPSA) is 50.8 Å². The van der Waals surface area contributed by atoms with Crippen LogP contribution in [-0.2, 0) is 9.53 Å². The molecule has 0 spiro atoms. The zero-order valence-corrected chi connectivity index (χ0v) is 16.9. The normalized spacial score (nSPS) is 16.7. The van der Waals surface area contributed by atoms with Crippen molar-refractivity contribution in [1.82, 2.24) is 5.32 Å². The van der Waals surface area contributed by atoms with Crippen molar-refractivity contribution < 1.29 is 18.7 Å². The molecule has 0 aromatic heterocycles.